The van der Waals surface area contributed by atoms with Crippen LogP contribution in [0.2, 0.25) is 0 Å². The number of methoxy groups -OCH3 is 2. The number of nitrogens with zero attached hydrogens (tertiary/aromatic N) is 1. The molecular formula is C13H18N2O2. The van der Waals surface area contributed by atoms with Crippen molar-refractivity contribution < 1.29 is 9.47 Å². The van der Waals surface area contributed by atoms with E-state index in [4.69, 9.17) is 14.7 Å². The van der Waals surface area contributed by atoms with E-state index in [1.165, 1.54) is 0 Å². The van der Waals surface area contributed by atoms with Gasteiger partial charge >= 0.3 is 0 Å². The zero-order chi connectivity index (χ0) is 13.1. The van der Waals surface area contributed by atoms with Gasteiger partial charge in [0.15, 0.2) is 0 Å². The molecule has 0 bridgehead atoms. The summed E-state index contributed by atoms with van der Waals surface area (Å²) in [6.45, 7) is 5.54. The zero-order valence-electron chi connectivity index (χ0n) is 10.9. The standard InChI is InChI=1S/C13H18N2O2/c1-9-11(16-4)7-6-10(12(9)17-5)15-13(2,3)8-14/h6-7,15H,1-5H3. The lowest BCUT2D eigenvalue weighted by atomic mass is 10.1. The van der Waals surface area contributed by atoms with Crippen molar-refractivity contribution in [2.75, 3.05) is 19.5 Å². The molecule has 0 amide bonds. The molecule has 0 aromatic heterocycles. The molecule has 4 heteroatoms. The molecule has 1 rings (SSSR count). The lowest BCUT2D eigenvalue weighted by Gasteiger charge is -2.22. The van der Waals surface area contributed by atoms with Crippen molar-refractivity contribution in [3.8, 4) is 17.6 Å². The van der Waals surface area contributed by atoms with Gasteiger partial charge in [-0.25, -0.2) is 0 Å². The molecule has 0 aliphatic carbocycles. The van der Waals surface area contributed by atoms with Crippen LogP contribution in [-0.4, -0.2) is 19.8 Å². The molecule has 0 aliphatic rings. The first-order chi connectivity index (χ1) is 7.95. The van der Waals surface area contributed by atoms with Gasteiger partial charge in [-0.3, -0.25) is 0 Å². The Hall–Kier alpha value is -1.89. The van der Waals surface area contributed by atoms with Crippen LogP contribution in [0.15, 0.2) is 12.1 Å². The number of ether oxygens (including phenoxy) is 2. The molecule has 0 saturated heterocycles. The van der Waals surface area contributed by atoms with E-state index in [2.05, 4.69) is 11.4 Å². The minimum atomic E-state index is -0.645. The third kappa shape index (κ3) is 2.82. The summed E-state index contributed by atoms with van der Waals surface area (Å²) in [5.41, 5.74) is 1.06. The van der Waals surface area contributed by atoms with Crippen LogP contribution in [0.3, 0.4) is 0 Å². The highest BCUT2D eigenvalue weighted by atomic mass is 16.5. The summed E-state index contributed by atoms with van der Waals surface area (Å²) >= 11 is 0. The number of benzene rings is 1. The van der Waals surface area contributed by atoms with E-state index in [0.29, 0.717) is 5.75 Å². The number of nitrogens with one attached hydrogen (secondary N) is 1. The van der Waals surface area contributed by atoms with Gasteiger partial charge in [0.05, 0.1) is 26.0 Å². The van der Waals surface area contributed by atoms with Crippen molar-refractivity contribution in [2.24, 2.45) is 0 Å². The van der Waals surface area contributed by atoms with Crippen LogP contribution in [0.5, 0.6) is 11.5 Å². The maximum Gasteiger partial charge on any atom is 0.148 e. The average molecular weight is 234 g/mol. The fourth-order valence-electron chi connectivity index (χ4n) is 1.62. The van der Waals surface area contributed by atoms with E-state index >= 15 is 0 Å². The van der Waals surface area contributed by atoms with Gasteiger partial charge in [-0.2, -0.15) is 5.26 Å². The van der Waals surface area contributed by atoms with Crippen molar-refractivity contribution in [2.45, 2.75) is 26.3 Å². The summed E-state index contributed by atoms with van der Waals surface area (Å²) < 4.78 is 10.6. The second-order valence-electron chi connectivity index (χ2n) is 4.34. The summed E-state index contributed by atoms with van der Waals surface area (Å²) in [4.78, 5) is 0. The summed E-state index contributed by atoms with van der Waals surface area (Å²) in [6.07, 6.45) is 0. The normalized spacial score (nSPS) is 10.6. The van der Waals surface area contributed by atoms with E-state index in [1.807, 2.05) is 32.9 Å². The molecule has 0 saturated carbocycles. The van der Waals surface area contributed by atoms with E-state index in [1.54, 1.807) is 14.2 Å². The number of nitriles is 1. The Bertz CT molecular complexity index is 447. The number of anilines is 1. The van der Waals surface area contributed by atoms with E-state index in [-0.39, 0.29) is 0 Å². The summed E-state index contributed by atoms with van der Waals surface area (Å²) in [6, 6.07) is 5.90. The second kappa shape index (κ2) is 4.96. The van der Waals surface area contributed by atoms with Crippen molar-refractivity contribution in [1.82, 2.24) is 0 Å². The highest BCUT2D eigenvalue weighted by molar-refractivity contribution is 5.65. The summed E-state index contributed by atoms with van der Waals surface area (Å²) in [7, 11) is 3.22. The molecule has 17 heavy (non-hydrogen) atoms. The average Bonchev–Trinajstić information content (AvgIpc) is 2.29. The molecule has 4 nitrogen and oxygen atoms in total. The van der Waals surface area contributed by atoms with Gasteiger partial charge in [0.25, 0.3) is 0 Å². The Kier molecular flexibility index (Phi) is 3.84. The molecule has 0 unspecified atom stereocenters. The fraction of sp³-hybridized carbons (Fsp3) is 0.462. The van der Waals surface area contributed by atoms with E-state index in [9.17, 15) is 0 Å². The quantitative estimate of drug-likeness (QED) is 0.870. The van der Waals surface area contributed by atoms with Crippen LogP contribution >= 0.6 is 0 Å². The maximum atomic E-state index is 9.01. The highest BCUT2D eigenvalue weighted by Gasteiger charge is 2.19. The highest BCUT2D eigenvalue weighted by Crippen LogP contribution is 2.36. The third-order valence-electron chi connectivity index (χ3n) is 2.51. The maximum absolute atomic E-state index is 9.01. The molecule has 1 N–H and O–H groups in total. The van der Waals surface area contributed by atoms with Crippen molar-refractivity contribution in [1.29, 1.82) is 5.26 Å². The Morgan fingerprint density at radius 2 is 1.88 bits per heavy atom. The van der Waals surface area contributed by atoms with Gasteiger partial charge in [0, 0.05) is 5.56 Å². The van der Waals surface area contributed by atoms with Gasteiger partial charge < -0.3 is 14.8 Å². The molecule has 0 fully saturated rings. The van der Waals surface area contributed by atoms with Crippen molar-refractivity contribution in [3.05, 3.63) is 17.7 Å². The molecule has 1 aromatic carbocycles. The van der Waals surface area contributed by atoms with Crippen LogP contribution in [0, 0.1) is 18.3 Å². The lowest BCUT2D eigenvalue weighted by Crippen LogP contribution is -2.28. The Morgan fingerprint density at radius 1 is 1.24 bits per heavy atom. The first-order valence-electron chi connectivity index (χ1n) is 5.36. The second-order valence-corrected chi connectivity index (χ2v) is 4.34. The third-order valence-corrected chi connectivity index (χ3v) is 2.51. The first-order valence-corrected chi connectivity index (χ1v) is 5.36. The molecule has 0 atom stereocenters. The lowest BCUT2D eigenvalue weighted by molar-refractivity contribution is 0.389. The zero-order valence-corrected chi connectivity index (χ0v) is 10.9. The van der Waals surface area contributed by atoms with E-state index in [0.717, 1.165) is 17.0 Å². The monoisotopic (exact) mass is 234 g/mol. The Balaban J connectivity index is 3.19. The molecular weight excluding hydrogens is 216 g/mol. The summed E-state index contributed by atoms with van der Waals surface area (Å²) in [5.74, 6) is 1.47. The van der Waals surface area contributed by atoms with Gasteiger partial charge in [-0.15, -0.1) is 0 Å². The van der Waals surface area contributed by atoms with Crippen molar-refractivity contribution >= 4 is 5.69 Å². The van der Waals surface area contributed by atoms with Gasteiger partial charge in [0.2, 0.25) is 0 Å². The molecule has 0 spiro atoms. The van der Waals surface area contributed by atoms with E-state index < -0.39 is 5.54 Å². The SMILES string of the molecule is COc1ccc(NC(C)(C)C#N)c(OC)c1C. The topological polar surface area (TPSA) is 54.3 Å². The molecule has 0 aliphatic heterocycles. The number of hydrogen-bond donors (Lipinski definition) is 1. The predicted molar refractivity (Wildman–Crippen MR) is 67.6 cm³/mol. The fourth-order valence-corrected chi connectivity index (χ4v) is 1.62. The van der Waals surface area contributed by atoms with Gasteiger partial charge in [0.1, 0.15) is 17.0 Å². The molecule has 0 radical (unpaired) electrons. The number of rotatable bonds is 4. The van der Waals surface area contributed by atoms with Gasteiger partial charge in [-0.05, 0) is 32.9 Å². The smallest absolute Gasteiger partial charge is 0.148 e. The van der Waals surface area contributed by atoms with Crippen LogP contribution in [0.25, 0.3) is 0 Å². The molecule has 1 aromatic rings. The van der Waals surface area contributed by atoms with Gasteiger partial charge in [-0.1, -0.05) is 0 Å². The first kappa shape index (κ1) is 13.2. The van der Waals surface area contributed by atoms with Crippen LogP contribution < -0.4 is 14.8 Å². The largest absolute Gasteiger partial charge is 0.496 e. The minimum Gasteiger partial charge on any atom is -0.496 e. The Morgan fingerprint density at radius 3 is 2.35 bits per heavy atom. The van der Waals surface area contributed by atoms with Crippen molar-refractivity contribution in [3.63, 3.8) is 0 Å². The minimum absolute atomic E-state index is 0.645. The van der Waals surface area contributed by atoms with Crippen LogP contribution in [0.4, 0.5) is 5.69 Å². The molecule has 0 heterocycles. The predicted octanol–water partition coefficient (Wildman–Crippen LogP) is 2.73. The van der Waals surface area contributed by atoms with Crippen LogP contribution in [-0.2, 0) is 0 Å². The Labute approximate surface area is 102 Å². The summed E-state index contributed by atoms with van der Waals surface area (Å²) in [5, 5.41) is 12.1. The number of hydrogen-bond acceptors (Lipinski definition) is 4. The molecule has 92 valence electrons. The van der Waals surface area contributed by atoms with Crippen LogP contribution in [0.1, 0.15) is 19.4 Å².